The van der Waals surface area contributed by atoms with Crippen molar-refractivity contribution in [3.63, 3.8) is 0 Å². The van der Waals surface area contributed by atoms with Crippen LogP contribution in [0.2, 0.25) is 0 Å². The van der Waals surface area contributed by atoms with Crippen LogP contribution in [0.1, 0.15) is 0 Å². The van der Waals surface area contributed by atoms with Gasteiger partial charge >= 0.3 is 11.4 Å². The average molecular weight is 320 g/mol. The Hall–Kier alpha value is -3.56. The maximum atomic E-state index is 10.9. The highest BCUT2D eigenvalue weighted by molar-refractivity contribution is 5.56. The second kappa shape index (κ2) is 6.47. The summed E-state index contributed by atoms with van der Waals surface area (Å²) in [6.45, 7) is -0.491. The Bertz CT molecular complexity index is 701. The summed E-state index contributed by atoms with van der Waals surface area (Å²) < 4.78 is 10.3. The van der Waals surface area contributed by atoms with Crippen LogP contribution in [-0.2, 0) is 0 Å². The van der Waals surface area contributed by atoms with Gasteiger partial charge in [-0.25, -0.2) is 0 Å². The number of nitrogens with two attached hydrogens (primary N) is 2. The van der Waals surface area contributed by atoms with E-state index < -0.39 is 16.6 Å². The van der Waals surface area contributed by atoms with Gasteiger partial charge < -0.3 is 20.9 Å². The summed E-state index contributed by atoms with van der Waals surface area (Å²) in [6, 6.07) is 7.61. The van der Waals surface area contributed by atoms with E-state index in [0.717, 1.165) is 0 Å². The minimum absolute atomic E-state index is 0.110. The second-order valence-corrected chi connectivity index (χ2v) is 4.38. The van der Waals surface area contributed by atoms with Crippen molar-refractivity contribution < 1.29 is 19.3 Å². The Balaban J connectivity index is 2.15. The first-order valence-corrected chi connectivity index (χ1v) is 6.22. The largest absolute Gasteiger partial charge is 0.450 e. The molecule has 0 aliphatic carbocycles. The zero-order valence-electron chi connectivity index (χ0n) is 11.7. The van der Waals surface area contributed by atoms with Crippen LogP contribution in [0.5, 0.6) is 11.5 Å². The van der Waals surface area contributed by atoms with Crippen LogP contribution in [0.25, 0.3) is 0 Å². The fourth-order valence-electron chi connectivity index (χ4n) is 1.75. The van der Waals surface area contributed by atoms with Crippen LogP contribution >= 0.6 is 0 Å². The summed E-state index contributed by atoms with van der Waals surface area (Å²) >= 11 is 0. The van der Waals surface area contributed by atoms with Crippen LogP contribution in [0.3, 0.4) is 0 Å². The molecule has 0 aliphatic heterocycles. The van der Waals surface area contributed by atoms with Crippen molar-refractivity contribution in [1.82, 2.24) is 0 Å². The fourth-order valence-corrected chi connectivity index (χ4v) is 1.75. The lowest BCUT2D eigenvalue weighted by Crippen LogP contribution is -2.09. The molecule has 23 heavy (non-hydrogen) atoms. The van der Waals surface area contributed by atoms with Crippen LogP contribution in [0, 0.1) is 20.2 Å². The van der Waals surface area contributed by atoms with Crippen LogP contribution in [0.4, 0.5) is 22.7 Å². The number of rotatable bonds is 6. The number of nitro benzene ring substituents is 2. The van der Waals surface area contributed by atoms with Gasteiger partial charge in [-0.1, -0.05) is 0 Å². The predicted molar refractivity (Wildman–Crippen MR) is 81.1 cm³/mol. The van der Waals surface area contributed by atoms with E-state index in [4.69, 9.17) is 20.9 Å². The van der Waals surface area contributed by atoms with Crippen molar-refractivity contribution in [1.29, 1.82) is 0 Å². The Kier molecular flexibility index (Phi) is 4.45. The normalized spacial score (nSPS) is 10.1. The molecule has 0 saturated heterocycles. The number of nitro groups is 2. The zero-order valence-corrected chi connectivity index (χ0v) is 11.7. The Morgan fingerprint density at radius 1 is 0.826 bits per heavy atom. The van der Waals surface area contributed by atoms with Gasteiger partial charge in [0.15, 0.2) is 0 Å². The molecular weight excluding hydrogens is 308 g/mol. The second-order valence-electron chi connectivity index (χ2n) is 4.38. The van der Waals surface area contributed by atoms with Gasteiger partial charge in [-0.2, -0.15) is 0 Å². The average Bonchev–Trinajstić information content (AvgIpc) is 2.46. The highest BCUT2D eigenvalue weighted by atomic mass is 16.7. The predicted octanol–water partition coefficient (Wildman–Crippen LogP) is 2.08. The highest BCUT2D eigenvalue weighted by Crippen LogP contribution is 2.31. The number of nitrogen functional groups attached to an aromatic ring is 2. The molecule has 0 atom stereocenters. The van der Waals surface area contributed by atoms with Gasteiger partial charge in [-0.05, 0) is 12.1 Å². The zero-order chi connectivity index (χ0) is 17.0. The van der Waals surface area contributed by atoms with Crippen molar-refractivity contribution in [3.05, 3.63) is 56.6 Å². The quantitative estimate of drug-likeness (QED) is 0.354. The summed E-state index contributed by atoms with van der Waals surface area (Å²) in [5, 5.41) is 21.8. The SMILES string of the molecule is Nc1ccc([N+](=O)[O-])c(OCOc2cc(N)ccc2[N+](=O)[O-])c1. The third-order valence-electron chi connectivity index (χ3n) is 2.79. The van der Waals surface area contributed by atoms with Crippen molar-refractivity contribution in [3.8, 4) is 11.5 Å². The summed E-state index contributed by atoms with van der Waals surface area (Å²) in [5.41, 5.74) is 11.0. The molecule has 2 aromatic carbocycles. The Morgan fingerprint density at radius 3 is 1.57 bits per heavy atom. The van der Waals surface area contributed by atoms with Crippen molar-refractivity contribution in [2.24, 2.45) is 0 Å². The summed E-state index contributed by atoms with van der Waals surface area (Å²) in [5.74, 6) is -0.219. The third kappa shape index (κ3) is 3.75. The lowest BCUT2D eigenvalue weighted by molar-refractivity contribution is -0.386. The number of ether oxygens (including phenoxy) is 2. The van der Waals surface area contributed by atoms with E-state index in [1.807, 2.05) is 0 Å². The number of hydrogen-bond donors (Lipinski definition) is 2. The topological polar surface area (TPSA) is 157 Å². The molecule has 0 saturated carbocycles. The van der Waals surface area contributed by atoms with Crippen LogP contribution < -0.4 is 20.9 Å². The molecule has 0 aliphatic rings. The van der Waals surface area contributed by atoms with E-state index in [9.17, 15) is 20.2 Å². The molecule has 10 nitrogen and oxygen atoms in total. The summed E-state index contributed by atoms with van der Waals surface area (Å²) in [6.07, 6.45) is 0. The number of anilines is 2. The molecule has 10 heteroatoms. The smallest absolute Gasteiger partial charge is 0.311 e. The molecule has 0 heterocycles. The highest BCUT2D eigenvalue weighted by Gasteiger charge is 2.18. The number of hydrogen-bond acceptors (Lipinski definition) is 8. The number of benzene rings is 2. The molecule has 0 amide bonds. The first-order chi connectivity index (χ1) is 10.9. The van der Waals surface area contributed by atoms with Gasteiger partial charge in [-0.15, -0.1) is 0 Å². The first-order valence-electron chi connectivity index (χ1n) is 6.22. The van der Waals surface area contributed by atoms with Gasteiger partial charge in [0.05, 0.1) is 9.85 Å². The maximum absolute atomic E-state index is 10.9. The molecule has 0 spiro atoms. The Labute approximate surface area is 129 Å². The molecule has 0 fully saturated rings. The van der Waals surface area contributed by atoms with E-state index in [0.29, 0.717) is 0 Å². The van der Waals surface area contributed by atoms with Gasteiger partial charge in [0, 0.05) is 35.6 Å². The Morgan fingerprint density at radius 2 is 1.22 bits per heavy atom. The van der Waals surface area contributed by atoms with E-state index >= 15 is 0 Å². The van der Waals surface area contributed by atoms with Crippen molar-refractivity contribution >= 4 is 22.7 Å². The molecule has 0 unspecified atom stereocenters. The van der Waals surface area contributed by atoms with Gasteiger partial charge in [-0.3, -0.25) is 20.2 Å². The molecule has 0 bridgehead atoms. The van der Waals surface area contributed by atoms with E-state index in [-0.39, 0.29) is 34.2 Å². The van der Waals surface area contributed by atoms with Crippen LogP contribution in [-0.4, -0.2) is 16.6 Å². The molecule has 2 rings (SSSR count). The molecule has 120 valence electrons. The first kappa shape index (κ1) is 15.8. The van der Waals surface area contributed by atoms with Crippen molar-refractivity contribution in [2.75, 3.05) is 18.3 Å². The maximum Gasteiger partial charge on any atom is 0.311 e. The standard InChI is InChI=1S/C13H12N4O6/c14-8-1-3-10(16(18)19)12(5-8)22-7-23-13-6-9(15)2-4-11(13)17(20)21/h1-6H,7,14-15H2. The van der Waals surface area contributed by atoms with E-state index in [1.54, 1.807) is 0 Å². The monoisotopic (exact) mass is 320 g/mol. The van der Waals surface area contributed by atoms with E-state index in [2.05, 4.69) is 0 Å². The molecule has 0 aromatic heterocycles. The van der Waals surface area contributed by atoms with Crippen LogP contribution in [0.15, 0.2) is 36.4 Å². The number of nitrogens with zero attached hydrogens (tertiary/aromatic N) is 2. The lowest BCUT2D eigenvalue weighted by atomic mass is 10.2. The molecular formula is C13H12N4O6. The fraction of sp³-hybridized carbons (Fsp3) is 0.0769. The third-order valence-corrected chi connectivity index (χ3v) is 2.79. The van der Waals surface area contributed by atoms with Gasteiger partial charge in [0.1, 0.15) is 0 Å². The lowest BCUT2D eigenvalue weighted by Gasteiger charge is -2.10. The minimum Gasteiger partial charge on any atom is -0.450 e. The van der Waals surface area contributed by atoms with Gasteiger partial charge in [0.25, 0.3) is 0 Å². The molecule has 2 aromatic rings. The summed E-state index contributed by atoms with van der Waals surface area (Å²) in [4.78, 5) is 20.5. The van der Waals surface area contributed by atoms with Gasteiger partial charge in [0.2, 0.25) is 18.3 Å². The minimum atomic E-state index is -0.641. The summed E-state index contributed by atoms with van der Waals surface area (Å²) in [7, 11) is 0. The molecule has 4 N–H and O–H groups in total. The molecule has 0 radical (unpaired) electrons. The van der Waals surface area contributed by atoms with E-state index in [1.165, 1.54) is 36.4 Å². The van der Waals surface area contributed by atoms with Crippen molar-refractivity contribution in [2.45, 2.75) is 0 Å².